The molecular weight excluding hydrogens is 482 g/mol. The molecule has 0 aliphatic carbocycles. The number of benzene rings is 2. The second-order valence-electron chi connectivity index (χ2n) is 8.77. The molecule has 0 unspecified atom stereocenters. The minimum atomic E-state index is -3.60. The van der Waals surface area contributed by atoms with Crippen molar-refractivity contribution in [2.75, 3.05) is 40.1 Å². The van der Waals surface area contributed by atoms with Gasteiger partial charge in [-0.15, -0.1) is 0 Å². The monoisotopic (exact) mass is 519 g/mol. The summed E-state index contributed by atoms with van der Waals surface area (Å²) in [6.07, 6.45) is 1.76. The van der Waals surface area contributed by atoms with Crippen LogP contribution in [0.2, 0.25) is 0 Å². The van der Waals surface area contributed by atoms with Gasteiger partial charge in [-0.05, 0) is 43.5 Å². The standard InChI is InChI=1S/C26H37N3O6S/c1-20(2)35-17-9-16-27-26(31)25(22-10-7-6-8-11-22)29(24(30)19-28(3)36(5,32)33)18-21-12-14-23(34-4)15-13-21/h6-8,10-15,20,25H,9,16-19H2,1-5H3,(H,27,31)/t25-/m0/s1. The maximum Gasteiger partial charge on any atom is 0.247 e. The first-order chi connectivity index (χ1) is 17.0. The van der Waals surface area contributed by atoms with Gasteiger partial charge in [0, 0.05) is 26.7 Å². The predicted molar refractivity (Wildman–Crippen MR) is 139 cm³/mol. The number of carbonyl (C=O) groups excluding carboxylic acids is 2. The summed E-state index contributed by atoms with van der Waals surface area (Å²) in [5.74, 6) is -0.185. The largest absolute Gasteiger partial charge is 0.497 e. The number of ether oxygens (including phenoxy) is 2. The van der Waals surface area contributed by atoms with Crippen LogP contribution in [0, 0.1) is 0 Å². The molecule has 0 heterocycles. The molecule has 2 amide bonds. The van der Waals surface area contributed by atoms with Crippen molar-refractivity contribution in [3.05, 3.63) is 65.7 Å². The molecule has 0 bridgehead atoms. The maximum absolute atomic E-state index is 13.5. The van der Waals surface area contributed by atoms with Crippen LogP contribution >= 0.6 is 0 Å². The fraction of sp³-hybridized carbons (Fsp3) is 0.462. The molecule has 198 valence electrons. The van der Waals surface area contributed by atoms with E-state index in [9.17, 15) is 18.0 Å². The normalized spacial score (nSPS) is 12.4. The van der Waals surface area contributed by atoms with Crippen LogP contribution < -0.4 is 10.1 Å². The number of rotatable bonds is 14. The van der Waals surface area contributed by atoms with E-state index in [-0.39, 0.29) is 18.6 Å². The van der Waals surface area contributed by atoms with Gasteiger partial charge in [0.2, 0.25) is 21.8 Å². The molecule has 36 heavy (non-hydrogen) atoms. The van der Waals surface area contributed by atoms with Crippen molar-refractivity contribution in [1.29, 1.82) is 0 Å². The Balaban J connectivity index is 2.37. The number of hydrogen-bond acceptors (Lipinski definition) is 6. The topological polar surface area (TPSA) is 105 Å². The van der Waals surface area contributed by atoms with E-state index < -0.39 is 28.5 Å². The SMILES string of the molecule is COc1ccc(CN(C(=O)CN(C)S(C)(=O)=O)[C@H](C(=O)NCCCOC(C)C)c2ccccc2)cc1. The van der Waals surface area contributed by atoms with Gasteiger partial charge in [-0.2, -0.15) is 4.31 Å². The van der Waals surface area contributed by atoms with Gasteiger partial charge in [0.25, 0.3) is 0 Å². The van der Waals surface area contributed by atoms with Gasteiger partial charge < -0.3 is 19.7 Å². The lowest BCUT2D eigenvalue weighted by Gasteiger charge is -2.32. The Labute approximate surface area is 214 Å². The average Bonchev–Trinajstić information content (AvgIpc) is 2.83. The first-order valence-electron chi connectivity index (χ1n) is 11.8. The number of likely N-dealkylation sites (N-methyl/N-ethyl adjacent to an activating group) is 1. The van der Waals surface area contributed by atoms with E-state index in [4.69, 9.17) is 9.47 Å². The maximum atomic E-state index is 13.5. The number of carbonyl (C=O) groups is 2. The van der Waals surface area contributed by atoms with Crippen molar-refractivity contribution in [2.24, 2.45) is 0 Å². The number of hydrogen-bond donors (Lipinski definition) is 1. The summed E-state index contributed by atoms with van der Waals surface area (Å²) >= 11 is 0. The summed E-state index contributed by atoms with van der Waals surface area (Å²) in [6, 6.07) is 15.2. The zero-order chi connectivity index (χ0) is 26.7. The van der Waals surface area contributed by atoms with E-state index in [1.807, 2.05) is 32.0 Å². The van der Waals surface area contributed by atoms with Crippen LogP contribution in [0.1, 0.15) is 37.4 Å². The van der Waals surface area contributed by atoms with Gasteiger partial charge in [0.1, 0.15) is 11.8 Å². The fourth-order valence-electron chi connectivity index (χ4n) is 3.46. The minimum absolute atomic E-state index is 0.0993. The lowest BCUT2D eigenvalue weighted by Crippen LogP contribution is -2.47. The summed E-state index contributed by atoms with van der Waals surface area (Å²) in [5.41, 5.74) is 1.39. The quantitative estimate of drug-likeness (QED) is 0.385. The molecule has 0 aromatic heterocycles. The highest BCUT2D eigenvalue weighted by atomic mass is 32.2. The van der Waals surface area contributed by atoms with Crippen molar-refractivity contribution in [3.8, 4) is 5.75 Å². The van der Waals surface area contributed by atoms with Crippen LogP contribution in [-0.2, 0) is 30.9 Å². The minimum Gasteiger partial charge on any atom is -0.497 e. The summed E-state index contributed by atoms with van der Waals surface area (Å²) in [4.78, 5) is 28.4. The smallest absolute Gasteiger partial charge is 0.247 e. The van der Waals surface area contributed by atoms with E-state index in [1.165, 1.54) is 11.9 Å². The van der Waals surface area contributed by atoms with Crippen LogP contribution in [0.5, 0.6) is 5.75 Å². The van der Waals surface area contributed by atoms with E-state index >= 15 is 0 Å². The van der Waals surface area contributed by atoms with Crippen molar-refractivity contribution < 1.29 is 27.5 Å². The molecule has 2 rings (SSSR count). The molecule has 1 N–H and O–H groups in total. The summed E-state index contributed by atoms with van der Waals surface area (Å²) in [5, 5.41) is 2.91. The number of sulfonamides is 1. The Kier molecular flexibility index (Phi) is 11.4. The Hall–Kier alpha value is -2.95. The Bertz CT molecular complexity index is 1070. The highest BCUT2D eigenvalue weighted by Gasteiger charge is 2.32. The second-order valence-corrected chi connectivity index (χ2v) is 10.9. The molecule has 0 aliphatic rings. The van der Waals surface area contributed by atoms with E-state index in [0.29, 0.717) is 30.9 Å². The van der Waals surface area contributed by atoms with Crippen LogP contribution in [0.15, 0.2) is 54.6 Å². The van der Waals surface area contributed by atoms with E-state index in [0.717, 1.165) is 16.1 Å². The molecule has 2 aromatic carbocycles. The van der Waals surface area contributed by atoms with Gasteiger partial charge in [-0.3, -0.25) is 9.59 Å². The van der Waals surface area contributed by atoms with E-state index in [1.54, 1.807) is 43.5 Å². The molecular formula is C26H37N3O6S. The van der Waals surface area contributed by atoms with Crippen molar-refractivity contribution in [2.45, 2.75) is 39.0 Å². The molecule has 0 aliphatic heterocycles. The third kappa shape index (κ3) is 9.25. The van der Waals surface area contributed by atoms with Crippen molar-refractivity contribution in [1.82, 2.24) is 14.5 Å². The first kappa shape index (κ1) is 29.3. The third-order valence-electron chi connectivity index (χ3n) is 5.50. The van der Waals surface area contributed by atoms with Crippen LogP contribution in [0.3, 0.4) is 0 Å². The average molecular weight is 520 g/mol. The highest BCUT2D eigenvalue weighted by Crippen LogP contribution is 2.25. The lowest BCUT2D eigenvalue weighted by atomic mass is 10.0. The lowest BCUT2D eigenvalue weighted by molar-refractivity contribution is -0.141. The molecule has 1 atom stereocenters. The van der Waals surface area contributed by atoms with Crippen LogP contribution in [0.25, 0.3) is 0 Å². The first-order valence-corrected chi connectivity index (χ1v) is 13.7. The Morgan fingerprint density at radius 2 is 1.67 bits per heavy atom. The van der Waals surface area contributed by atoms with Gasteiger partial charge in [0.05, 0.1) is 26.0 Å². The number of amides is 2. The highest BCUT2D eigenvalue weighted by molar-refractivity contribution is 7.88. The summed E-state index contributed by atoms with van der Waals surface area (Å²) in [7, 11) is -0.695. The molecule has 0 spiro atoms. The molecule has 0 saturated heterocycles. The van der Waals surface area contributed by atoms with E-state index in [2.05, 4.69) is 5.32 Å². The predicted octanol–water partition coefficient (Wildman–Crippen LogP) is 2.59. The van der Waals surface area contributed by atoms with Crippen LogP contribution in [-0.4, -0.2) is 75.7 Å². The summed E-state index contributed by atoms with van der Waals surface area (Å²) in [6.45, 7) is 4.47. The molecule has 9 nitrogen and oxygen atoms in total. The van der Waals surface area contributed by atoms with Crippen molar-refractivity contribution in [3.63, 3.8) is 0 Å². The van der Waals surface area contributed by atoms with Crippen LogP contribution in [0.4, 0.5) is 0 Å². The molecule has 0 saturated carbocycles. The van der Waals surface area contributed by atoms with Gasteiger partial charge in [0.15, 0.2) is 0 Å². The zero-order valence-electron chi connectivity index (χ0n) is 21.6. The Morgan fingerprint density at radius 1 is 1.03 bits per heavy atom. The molecule has 10 heteroatoms. The molecule has 0 radical (unpaired) electrons. The number of methoxy groups -OCH3 is 1. The Morgan fingerprint density at radius 3 is 2.22 bits per heavy atom. The molecule has 0 fully saturated rings. The fourth-order valence-corrected chi connectivity index (χ4v) is 3.80. The van der Waals surface area contributed by atoms with Crippen molar-refractivity contribution >= 4 is 21.8 Å². The van der Waals surface area contributed by atoms with Gasteiger partial charge in [-0.25, -0.2) is 8.42 Å². The number of nitrogens with one attached hydrogen (secondary N) is 1. The molecule has 2 aromatic rings. The van der Waals surface area contributed by atoms with Gasteiger partial charge >= 0.3 is 0 Å². The second kappa shape index (κ2) is 14.0. The zero-order valence-corrected chi connectivity index (χ0v) is 22.5. The van der Waals surface area contributed by atoms with Gasteiger partial charge in [-0.1, -0.05) is 42.5 Å². The third-order valence-corrected chi connectivity index (χ3v) is 6.76. The number of nitrogens with zero attached hydrogens (tertiary/aromatic N) is 2. The summed E-state index contributed by atoms with van der Waals surface area (Å²) < 4.78 is 35.7.